The number of rotatable bonds is 8. The van der Waals surface area contributed by atoms with Gasteiger partial charge in [-0.2, -0.15) is 5.10 Å². The van der Waals surface area contributed by atoms with Crippen LogP contribution in [0.2, 0.25) is 0 Å². The number of ether oxygens (including phenoxy) is 2. The SMILES string of the molecule is COc1ccc(C(=O)N[C@H](C)c2cnn(-c3ccc(F)cc3)c2C)cc1OCC(=O)O. The van der Waals surface area contributed by atoms with Crippen LogP contribution in [-0.4, -0.2) is 40.5 Å². The van der Waals surface area contributed by atoms with Crippen molar-refractivity contribution in [2.24, 2.45) is 0 Å². The standard InChI is InChI=1S/C22H22FN3O5/c1-13(18-11-24-26(14(18)2)17-7-5-16(23)6-8-17)25-22(29)15-4-9-19(30-3)20(10-15)31-12-21(27)28/h4-11,13H,12H2,1-3H3,(H,25,29)(H,27,28)/t13-/m1/s1. The van der Waals surface area contributed by atoms with Gasteiger partial charge in [0.25, 0.3) is 5.91 Å². The van der Waals surface area contributed by atoms with E-state index in [1.807, 2.05) is 13.8 Å². The summed E-state index contributed by atoms with van der Waals surface area (Å²) in [6, 6.07) is 10.1. The summed E-state index contributed by atoms with van der Waals surface area (Å²) in [5.74, 6) is -1.36. The molecule has 2 aromatic carbocycles. The lowest BCUT2D eigenvalue weighted by Crippen LogP contribution is -2.27. The lowest BCUT2D eigenvalue weighted by atomic mass is 10.1. The largest absolute Gasteiger partial charge is 0.493 e. The van der Waals surface area contributed by atoms with Gasteiger partial charge in [0.15, 0.2) is 18.1 Å². The third-order valence-corrected chi connectivity index (χ3v) is 4.71. The van der Waals surface area contributed by atoms with Crippen LogP contribution < -0.4 is 14.8 Å². The van der Waals surface area contributed by atoms with Crippen molar-refractivity contribution in [3.05, 3.63) is 71.3 Å². The number of carbonyl (C=O) groups is 2. The highest BCUT2D eigenvalue weighted by molar-refractivity contribution is 5.95. The van der Waals surface area contributed by atoms with Gasteiger partial charge in [-0.25, -0.2) is 13.9 Å². The summed E-state index contributed by atoms with van der Waals surface area (Å²) in [4.78, 5) is 23.5. The first-order chi connectivity index (χ1) is 14.8. The summed E-state index contributed by atoms with van der Waals surface area (Å²) < 4.78 is 25.2. The van der Waals surface area contributed by atoms with E-state index < -0.39 is 12.6 Å². The van der Waals surface area contributed by atoms with Gasteiger partial charge in [-0.1, -0.05) is 0 Å². The van der Waals surface area contributed by atoms with Crippen molar-refractivity contribution in [2.45, 2.75) is 19.9 Å². The normalized spacial score (nSPS) is 11.6. The molecule has 0 fully saturated rings. The molecule has 1 heterocycles. The van der Waals surface area contributed by atoms with E-state index in [0.29, 0.717) is 11.4 Å². The Morgan fingerprint density at radius 2 is 1.90 bits per heavy atom. The zero-order chi connectivity index (χ0) is 22.5. The summed E-state index contributed by atoms with van der Waals surface area (Å²) in [7, 11) is 1.42. The molecule has 0 saturated heterocycles. The maximum absolute atomic E-state index is 13.2. The first-order valence-corrected chi connectivity index (χ1v) is 9.44. The predicted molar refractivity (Wildman–Crippen MR) is 110 cm³/mol. The number of carboxylic acid groups (broad SMARTS) is 1. The van der Waals surface area contributed by atoms with E-state index in [1.54, 1.807) is 29.1 Å². The van der Waals surface area contributed by atoms with Gasteiger partial charge >= 0.3 is 5.97 Å². The van der Waals surface area contributed by atoms with Crippen LogP contribution in [0.1, 0.15) is 34.6 Å². The quantitative estimate of drug-likeness (QED) is 0.572. The van der Waals surface area contributed by atoms with Crippen molar-refractivity contribution in [3.8, 4) is 17.2 Å². The molecular formula is C22H22FN3O5. The summed E-state index contributed by atoms with van der Waals surface area (Å²) in [6.07, 6.45) is 1.65. The minimum absolute atomic E-state index is 0.158. The molecule has 0 aliphatic heterocycles. The van der Waals surface area contributed by atoms with Crippen molar-refractivity contribution in [1.29, 1.82) is 0 Å². The first kappa shape index (κ1) is 21.8. The number of aromatic nitrogens is 2. The number of amides is 1. The van der Waals surface area contributed by atoms with E-state index in [0.717, 1.165) is 11.3 Å². The molecule has 162 valence electrons. The zero-order valence-corrected chi connectivity index (χ0v) is 17.3. The highest BCUT2D eigenvalue weighted by Crippen LogP contribution is 2.28. The lowest BCUT2D eigenvalue weighted by Gasteiger charge is -2.15. The Morgan fingerprint density at radius 3 is 2.55 bits per heavy atom. The first-order valence-electron chi connectivity index (χ1n) is 9.44. The highest BCUT2D eigenvalue weighted by Gasteiger charge is 2.19. The van der Waals surface area contributed by atoms with Crippen LogP contribution in [0.15, 0.2) is 48.7 Å². The van der Waals surface area contributed by atoms with Crippen molar-refractivity contribution >= 4 is 11.9 Å². The highest BCUT2D eigenvalue weighted by atomic mass is 19.1. The summed E-state index contributed by atoms with van der Waals surface area (Å²) >= 11 is 0. The molecule has 0 saturated carbocycles. The molecule has 3 rings (SSSR count). The fourth-order valence-corrected chi connectivity index (χ4v) is 3.12. The van der Waals surface area contributed by atoms with Crippen LogP contribution in [0.5, 0.6) is 11.5 Å². The van der Waals surface area contributed by atoms with Gasteiger partial charge in [0.05, 0.1) is 25.0 Å². The molecule has 9 heteroatoms. The smallest absolute Gasteiger partial charge is 0.341 e. The Balaban J connectivity index is 1.77. The van der Waals surface area contributed by atoms with E-state index in [4.69, 9.17) is 14.6 Å². The summed E-state index contributed by atoms with van der Waals surface area (Å²) in [5, 5.41) is 16.1. The molecule has 0 aliphatic rings. The molecule has 0 spiro atoms. The Hall–Kier alpha value is -3.88. The number of carboxylic acids is 1. The lowest BCUT2D eigenvalue weighted by molar-refractivity contribution is -0.139. The van der Waals surface area contributed by atoms with Crippen LogP contribution in [0.25, 0.3) is 5.69 Å². The molecule has 3 aromatic rings. The molecule has 1 amide bonds. The van der Waals surface area contributed by atoms with Gasteiger partial charge in [0.1, 0.15) is 5.82 Å². The maximum Gasteiger partial charge on any atom is 0.341 e. The maximum atomic E-state index is 13.2. The topological polar surface area (TPSA) is 103 Å². The second kappa shape index (κ2) is 9.29. The van der Waals surface area contributed by atoms with Gasteiger partial charge < -0.3 is 19.9 Å². The number of hydrogen-bond donors (Lipinski definition) is 2. The van der Waals surface area contributed by atoms with Crippen molar-refractivity contribution < 1.29 is 28.6 Å². The molecule has 0 aliphatic carbocycles. The molecule has 8 nitrogen and oxygen atoms in total. The fraction of sp³-hybridized carbons (Fsp3) is 0.227. The van der Waals surface area contributed by atoms with E-state index >= 15 is 0 Å². The summed E-state index contributed by atoms with van der Waals surface area (Å²) in [5.41, 5.74) is 2.60. The van der Waals surface area contributed by atoms with Gasteiger partial charge in [0.2, 0.25) is 0 Å². The molecule has 0 radical (unpaired) electrons. The number of hydrogen-bond acceptors (Lipinski definition) is 5. The van der Waals surface area contributed by atoms with Crippen LogP contribution in [-0.2, 0) is 4.79 Å². The van der Waals surface area contributed by atoms with Crippen molar-refractivity contribution in [1.82, 2.24) is 15.1 Å². The number of halogens is 1. The van der Waals surface area contributed by atoms with Gasteiger partial charge in [-0.05, 0) is 56.3 Å². The van der Waals surface area contributed by atoms with E-state index in [-0.39, 0.29) is 29.1 Å². The van der Waals surface area contributed by atoms with Crippen LogP contribution in [0.4, 0.5) is 4.39 Å². The van der Waals surface area contributed by atoms with Gasteiger partial charge in [-0.15, -0.1) is 0 Å². The Kier molecular flexibility index (Phi) is 6.54. The van der Waals surface area contributed by atoms with E-state index in [1.165, 1.54) is 31.4 Å². The second-order valence-electron chi connectivity index (χ2n) is 6.82. The number of nitrogens with one attached hydrogen (secondary N) is 1. The van der Waals surface area contributed by atoms with Crippen LogP contribution in [0.3, 0.4) is 0 Å². The number of benzene rings is 2. The molecule has 1 atom stereocenters. The van der Waals surface area contributed by atoms with E-state index in [2.05, 4.69) is 10.4 Å². The third-order valence-electron chi connectivity index (χ3n) is 4.71. The number of carbonyl (C=O) groups excluding carboxylic acids is 1. The molecule has 0 unspecified atom stereocenters. The average Bonchev–Trinajstić information content (AvgIpc) is 3.13. The molecular weight excluding hydrogens is 405 g/mol. The Labute approximate surface area is 178 Å². The molecule has 31 heavy (non-hydrogen) atoms. The monoisotopic (exact) mass is 427 g/mol. The Bertz CT molecular complexity index is 1100. The minimum Gasteiger partial charge on any atom is -0.493 e. The molecule has 2 N–H and O–H groups in total. The predicted octanol–water partition coefficient (Wildman–Crippen LogP) is 3.28. The third kappa shape index (κ3) is 5.00. The number of aliphatic carboxylic acids is 1. The zero-order valence-electron chi connectivity index (χ0n) is 17.3. The molecule has 0 bridgehead atoms. The number of methoxy groups -OCH3 is 1. The second-order valence-corrected chi connectivity index (χ2v) is 6.82. The number of nitrogens with zero attached hydrogens (tertiary/aromatic N) is 2. The molecule has 1 aromatic heterocycles. The fourth-order valence-electron chi connectivity index (χ4n) is 3.12. The van der Waals surface area contributed by atoms with Crippen LogP contribution in [0, 0.1) is 12.7 Å². The van der Waals surface area contributed by atoms with Crippen LogP contribution >= 0.6 is 0 Å². The summed E-state index contributed by atoms with van der Waals surface area (Å²) in [6.45, 7) is 3.13. The average molecular weight is 427 g/mol. The Morgan fingerprint density at radius 1 is 1.19 bits per heavy atom. The van der Waals surface area contributed by atoms with Gasteiger partial charge in [0, 0.05) is 16.8 Å². The van der Waals surface area contributed by atoms with Crippen molar-refractivity contribution in [3.63, 3.8) is 0 Å². The minimum atomic E-state index is -1.14. The van der Waals surface area contributed by atoms with Gasteiger partial charge in [-0.3, -0.25) is 4.79 Å². The van der Waals surface area contributed by atoms with E-state index in [9.17, 15) is 14.0 Å². The van der Waals surface area contributed by atoms with Crippen molar-refractivity contribution in [2.75, 3.05) is 13.7 Å².